The van der Waals surface area contributed by atoms with Crippen molar-refractivity contribution in [3.05, 3.63) is 67.0 Å². The Kier molecular flexibility index (Phi) is 3.12. The van der Waals surface area contributed by atoms with Gasteiger partial charge in [0.05, 0.1) is 11.0 Å². The maximum absolute atomic E-state index is 10.9. The first-order valence-electron chi connectivity index (χ1n) is 6.93. The summed E-state index contributed by atoms with van der Waals surface area (Å²) in [6.07, 6.45) is 7.86. The highest BCUT2D eigenvalue weighted by molar-refractivity contribution is 5.86. The Balaban J connectivity index is 2.28. The van der Waals surface area contributed by atoms with Crippen LogP contribution in [0.5, 0.6) is 0 Å². The molecule has 1 aliphatic rings. The van der Waals surface area contributed by atoms with Crippen LogP contribution in [-0.4, -0.2) is 10.2 Å². The minimum absolute atomic E-state index is 0.421. The van der Waals surface area contributed by atoms with Gasteiger partial charge >= 0.3 is 0 Å². The topological polar surface area (TPSA) is 53.6 Å². The highest BCUT2D eigenvalue weighted by Crippen LogP contribution is 2.52. The van der Waals surface area contributed by atoms with Gasteiger partial charge in [-0.25, -0.2) is 0 Å². The molecule has 0 amide bonds. The van der Waals surface area contributed by atoms with Crippen LogP contribution in [0.15, 0.2) is 60.1 Å². The number of rotatable bonds is 4. The summed E-state index contributed by atoms with van der Waals surface area (Å²) in [6, 6.07) is 7.37. The minimum Gasteiger partial charge on any atom is -0.456 e. The van der Waals surface area contributed by atoms with Crippen molar-refractivity contribution in [3.8, 4) is 0 Å². The smallest absolute Gasteiger partial charge is 0.204 e. The molecule has 0 saturated heterocycles. The third-order valence-corrected chi connectivity index (χ3v) is 4.24. The van der Waals surface area contributed by atoms with Crippen LogP contribution in [0.1, 0.15) is 24.2 Å². The molecule has 3 nitrogen and oxygen atoms in total. The largest absolute Gasteiger partial charge is 0.456 e. The van der Waals surface area contributed by atoms with Crippen molar-refractivity contribution in [2.75, 3.05) is 0 Å². The number of hydrogen-bond acceptors (Lipinski definition) is 3. The van der Waals surface area contributed by atoms with E-state index in [2.05, 4.69) is 13.2 Å². The first-order valence-corrected chi connectivity index (χ1v) is 6.93. The van der Waals surface area contributed by atoms with E-state index in [9.17, 15) is 10.2 Å². The fourth-order valence-corrected chi connectivity index (χ4v) is 3.16. The molecule has 1 aromatic heterocycles. The third kappa shape index (κ3) is 1.82. The van der Waals surface area contributed by atoms with Gasteiger partial charge in [0.15, 0.2) is 0 Å². The lowest BCUT2D eigenvalue weighted by Crippen LogP contribution is -2.46. The van der Waals surface area contributed by atoms with Crippen molar-refractivity contribution >= 4 is 17.0 Å². The van der Waals surface area contributed by atoms with Crippen molar-refractivity contribution < 1.29 is 14.6 Å². The molecule has 1 heterocycles. The lowest BCUT2D eigenvalue weighted by molar-refractivity contribution is -0.237. The lowest BCUT2D eigenvalue weighted by atomic mass is 9.67. The zero-order valence-corrected chi connectivity index (χ0v) is 11.7. The molecule has 1 aliphatic carbocycles. The number of aliphatic hydroxyl groups is 2. The van der Waals surface area contributed by atoms with E-state index >= 15 is 0 Å². The van der Waals surface area contributed by atoms with Gasteiger partial charge in [-0.3, -0.25) is 0 Å². The molecular formula is C18H18O3. The molecule has 0 radical (unpaired) electrons. The summed E-state index contributed by atoms with van der Waals surface area (Å²) in [5, 5.41) is 22.6. The molecule has 0 spiro atoms. The van der Waals surface area contributed by atoms with Gasteiger partial charge in [0, 0.05) is 5.39 Å². The van der Waals surface area contributed by atoms with Crippen molar-refractivity contribution in [1.29, 1.82) is 0 Å². The van der Waals surface area contributed by atoms with Crippen molar-refractivity contribution in [1.82, 2.24) is 0 Å². The maximum atomic E-state index is 10.9. The number of hydrogen-bond donors (Lipinski definition) is 2. The first kappa shape index (κ1) is 13.9. The fourth-order valence-electron chi connectivity index (χ4n) is 3.16. The van der Waals surface area contributed by atoms with E-state index in [0.29, 0.717) is 29.7 Å². The van der Waals surface area contributed by atoms with E-state index in [1.807, 2.05) is 30.3 Å². The summed E-state index contributed by atoms with van der Waals surface area (Å²) in [6.45, 7) is 7.48. The standard InChI is InChI=1S/C18H18O3/c1-3-10-17(11-4-2)12-9-15-16(18(17,19)20)13-7-5-6-8-14(13)21-15/h3-9,12,19-20H,1-2,10-11H2. The number of furan rings is 1. The molecular weight excluding hydrogens is 264 g/mol. The number of allylic oxidation sites excluding steroid dienone is 2. The van der Waals surface area contributed by atoms with Crippen LogP contribution in [0.3, 0.4) is 0 Å². The molecule has 3 heteroatoms. The van der Waals surface area contributed by atoms with E-state index in [0.717, 1.165) is 5.39 Å². The second-order valence-corrected chi connectivity index (χ2v) is 5.48. The fraction of sp³-hybridized carbons (Fsp3) is 0.222. The van der Waals surface area contributed by atoms with Gasteiger partial charge in [-0.05, 0) is 25.0 Å². The second kappa shape index (κ2) is 4.72. The van der Waals surface area contributed by atoms with Gasteiger partial charge in [-0.15, -0.1) is 13.2 Å². The summed E-state index contributed by atoms with van der Waals surface area (Å²) in [7, 11) is 0. The van der Waals surface area contributed by atoms with Crippen LogP contribution in [-0.2, 0) is 5.79 Å². The van der Waals surface area contributed by atoms with E-state index in [1.54, 1.807) is 18.2 Å². The van der Waals surface area contributed by atoms with Gasteiger partial charge in [-0.2, -0.15) is 0 Å². The molecule has 0 unspecified atom stereocenters. The molecule has 0 saturated carbocycles. The third-order valence-electron chi connectivity index (χ3n) is 4.24. The SMILES string of the molecule is C=CCC1(CC=C)C=Cc2oc3ccccc3c2C1(O)O. The normalized spacial score (nSPS) is 18.4. The summed E-state index contributed by atoms with van der Waals surface area (Å²) in [4.78, 5) is 0. The molecule has 1 aromatic carbocycles. The predicted molar refractivity (Wildman–Crippen MR) is 83.4 cm³/mol. The van der Waals surface area contributed by atoms with Gasteiger partial charge in [0.25, 0.3) is 0 Å². The molecule has 21 heavy (non-hydrogen) atoms. The lowest BCUT2D eigenvalue weighted by Gasteiger charge is -2.43. The molecule has 3 rings (SSSR count). The zero-order chi connectivity index (χ0) is 15.1. The monoisotopic (exact) mass is 282 g/mol. The van der Waals surface area contributed by atoms with Crippen LogP contribution in [0.25, 0.3) is 17.0 Å². The van der Waals surface area contributed by atoms with Crippen molar-refractivity contribution in [2.45, 2.75) is 18.6 Å². The van der Waals surface area contributed by atoms with Crippen LogP contribution in [0.4, 0.5) is 0 Å². The van der Waals surface area contributed by atoms with Crippen LogP contribution in [0.2, 0.25) is 0 Å². The highest BCUT2D eigenvalue weighted by atomic mass is 16.5. The first-order chi connectivity index (χ1) is 10.1. The Bertz CT molecular complexity index is 724. The molecule has 0 aliphatic heterocycles. The van der Waals surface area contributed by atoms with Gasteiger partial charge in [-0.1, -0.05) is 36.4 Å². The molecule has 108 valence electrons. The molecule has 0 fully saturated rings. The summed E-state index contributed by atoms with van der Waals surface area (Å²) < 4.78 is 5.72. The van der Waals surface area contributed by atoms with E-state index in [-0.39, 0.29) is 0 Å². The Morgan fingerprint density at radius 3 is 2.43 bits per heavy atom. The van der Waals surface area contributed by atoms with Gasteiger partial charge < -0.3 is 14.6 Å². The number of fused-ring (bicyclic) bond motifs is 3. The quantitative estimate of drug-likeness (QED) is 0.663. The zero-order valence-electron chi connectivity index (χ0n) is 11.7. The summed E-state index contributed by atoms with van der Waals surface area (Å²) >= 11 is 0. The van der Waals surface area contributed by atoms with Crippen molar-refractivity contribution in [3.63, 3.8) is 0 Å². The number of para-hydroxylation sites is 1. The van der Waals surface area contributed by atoms with Crippen molar-refractivity contribution in [2.24, 2.45) is 5.41 Å². The molecule has 2 N–H and O–H groups in total. The average molecular weight is 282 g/mol. The number of benzene rings is 1. The maximum Gasteiger partial charge on any atom is 0.204 e. The summed E-state index contributed by atoms with van der Waals surface area (Å²) in [5.41, 5.74) is 0.188. The molecule has 0 atom stereocenters. The van der Waals surface area contributed by atoms with Crippen LogP contribution in [0, 0.1) is 5.41 Å². The minimum atomic E-state index is -2.04. The molecule has 0 bridgehead atoms. The Morgan fingerprint density at radius 2 is 1.76 bits per heavy atom. The average Bonchev–Trinajstić information content (AvgIpc) is 2.83. The van der Waals surface area contributed by atoms with E-state index in [1.165, 1.54) is 0 Å². The van der Waals surface area contributed by atoms with E-state index < -0.39 is 11.2 Å². The van der Waals surface area contributed by atoms with Gasteiger partial charge in [0.2, 0.25) is 5.79 Å². The summed E-state index contributed by atoms with van der Waals surface area (Å²) in [5.74, 6) is -1.54. The van der Waals surface area contributed by atoms with E-state index in [4.69, 9.17) is 4.42 Å². The highest BCUT2D eigenvalue weighted by Gasteiger charge is 2.52. The predicted octanol–water partition coefficient (Wildman–Crippen LogP) is 3.74. The molecule has 2 aromatic rings. The Hall–Kier alpha value is -2.10. The second-order valence-electron chi connectivity index (χ2n) is 5.48. The van der Waals surface area contributed by atoms with Gasteiger partial charge in [0.1, 0.15) is 11.3 Å². The van der Waals surface area contributed by atoms with Crippen LogP contribution >= 0.6 is 0 Å². The van der Waals surface area contributed by atoms with Crippen LogP contribution < -0.4 is 0 Å². The Labute approximate surface area is 123 Å². The Morgan fingerprint density at radius 1 is 1.10 bits per heavy atom.